The Morgan fingerprint density at radius 3 is 2.76 bits per heavy atom. The number of amides is 1. The molecular formula is C27H21FN8O2. The van der Waals surface area contributed by atoms with Crippen LogP contribution in [0, 0.1) is 5.82 Å². The quantitative estimate of drug-likeness (QED) is 0.284. The molecule has 0 atom stereocenters. The lowest BCUT2D eigenvalue weighted by atomic mass is 10.1. The monoisotopic (exact) mass is 508 g/mol. The van der Waals surface area contributed by atoms with Gasteiger partial charge in [-0.1, -0.05) is 6.92 Å². The van der Waals surface area contributed by atoms with Gasteiger partial charge < -0.3 is 15.0 Å². The number of hydrogen-bond donors (Lipinski definition) is 3. The second-order valence-electron chi connectivity index (χ2n) is 8.57. The number of pyridine rings is 3. The van der Waals surface area contributed by atoms with Crippen molar-refractivity contribution in [3.63, 3.8) is 0 Å². The molecule has 11 heteroatoms. The van der Waals surface area contributed by atoms with Crippen LogP contribution >= 0.6 is 0 Å². The Labute approximate surface area is 215 Å². The van der Waals surface area contributed by atoms with Crippen LogP contribution in [-0.2, 0) is 4.79 Å². The Balaban J connectivity index is 1.43. The summed E-state index contributed by atoms with van der Waals surface area (Å²) in [6.45, 7) is 1.79. The van der Waals surface area contributed by atoms with E-state index < -0.39 is 5.82 Å². The zero-order valence-electron chi connectivity index (χ0n) is 20.4. The summed E-state index contributed by atoms with van der Waals surface area (Å²) < 4.78 is 19.4. The van der Waals surface area contributed by atoms with Crippen LogP contribution in [0.4, 0.5) is 10.1 Å². The van der Waals surface area contributed by atoms with Crippen LogP contribution in [0.25, 0.3) is 56.0 Å². The SMILES string of the molecule is CCC(=O)Nc1cncc(-c2cc3c(-c4nc5c(-c6cc(F)cc(OC)c6)nccc5[nH]4)n[nH]c3cn2)c1. The minimum absolute atomic E-state index is 0.0973. The minimum Gasteiger partial charge on any atom is -0.497 e. The van der Waals surface area contributed by atoms with E-state index in [0.717, 1.165) is 22.0 Å². The molecule has 5 heterocycles. The number of hydrogen-bond acceptors (Lipinski definition) is 7. The summed E-state index contributed by atoms with van der Waals surface area (Å²) in [4.78, 5) is 33.1. The molecule has 0 spiro atoms. The standard InChI is InChI=1S/C27H21FN8O2/c1-3-23(37)32-17-7-15(11-29-12-17)21-10-19-22(13-31-21)35-36-25(19)27-33-20-4-5-30-24(26(20)34-27)14-6-16(28)9-18(8-14)38-2/h4-13H,3H2,1-2H3,(H,32,37)(H,33,34)(H,35,36). The van der Waals surface area contributed by atoms with Crippen molar-refractivity contribution >= 4 is 33.5 Å². The van der Waals surface area contributed by atoms with E-state index in [9.17, 15) is 9.18 Å². The Morgan fingerprint density at radius 1 is 1.03 bits per heavy atom. The third kappa shape index (κ3) is 4.19. The van der Waals surface area contributed by atoms with Crippen LogP contribution in [0.3, 0.4) is 0 Å². The highest BCUT2D eigenvalue weighted by Crippen LogP contribution is 2.33. The van der Waals surface area contributed by atoms with Gasteiger partial charge in [-0.3, -0.25) is 24.8 Å². The van der Waals surface area contributed by atoms with Crippen molar-refractivity contribution in [1.29, 1.82) is 0 Å². The molecule has 6 rings (SSSR count). The zero-order chi connectivity index (χ0) is 26.2. The highest BCUT2D eigenvalue weighted by Gasteiger charge is 2.18. The minimum atomic E-state index is -0.431. The van der Waals surface area contributed by atoms with E-state index in [2.05, 4.69) is 35.5 Å². The number of H-pyrrole nitrogens is 2. The van der Waals surface area contributed by atoms with Crippen LogP contribution in [-0.4, -0.2) is 48.1 Å². The highest BCUT2D eigenvalue weighted by atomic mass is 19.1. The van der Waals surface area contributed by atoms with Crippen molar-refractivity contribution in [3.05, 3.63) is 67.0 Å². The number of fused-ring (bicyclic) bond motifs is 2. The van der Waals surface area contributed by atoms with E-state index in [1.807, 2.05) is 12.1 Å². The number of imidazole rings is 1. The topological polar surface area (TPSA) is 134 Å². The second-order valence-corrected chi connectivity index (χ2v) is 8.57. The van der Waals surface area contributed by atoms with E-state index in [4.69, 9.17) is 9.72 Å². The number of aromatic amines is 2. The summed E-state index contributed by atoms with van der Waals surface area (Å²) in [5, 5.41) is 11.1. The molecule has 1 amide bonds. The molecule has 5 aromatic heterocycles. The predicted octanol–water partition coefficient (Wildman–Crippen LogP) is 5.12. The van der Waals surface area contributed by atoms with Gasteiger partial charge in [0.1, 0.15) is 22.8 Å². The number of nitrogens with one attached hydrogen (secondary N) is 3. The van der Waals surface area contributed by atoms with Crippen molar-refractivity contribution in [1.82, 2.24) is 35.1 Å². The lowest BCUT2D eigenvalue weighted by Crippen LogP contribution is -2.09. The van der Waals surface area contributed by atoms with Crippen molar-refractivity contribution in [2.24, 2.45) is 0 Å². The normalized spacial score (nSPS) is 11.2. The fraction of sp³-hybridized carbons (Fsp3) is 0.111. The number of methoxy groups -OCH3 is 1. The predicted molar refractivity (Wildman–Crippen MR) is 141 cm³/mol. The lowest BCUT2D eigenvalue weighted by molar-refractivity contribution is -0.115. The molecule has 188 valence electrons. The van der Waals surface area contributed by atoms with Gasteiger partial charge in [-0.05, 0) is 30.3 Å². The number of aromatic nitrogens is 7. The van der Waals surface area contributed by atoms with Crippen molar-refractivity contribution in [2.75, 3.05) is 12.4 Å². The first-order valence-corrected chi connectivity index (χ1v) is 11.8. The lowest BCUT2D eigenvalue weighted by Gasteiger charge is -2.06. The van der Waals surface area contributed by atoms with Gasteiger partial charge in [0, 0.05) is 41.4 Å². The van der Waals surface area contributed by atoms with Gasteiger partial charge in [-0.15, -0.1) is 0 Å². The third-order valence-electron chi connectivity index (χ3n) is 6.09. The molecule has 3 N–H and O–H groups in total. The second kappa shape index (κ2) is 9.36. The molecule has 0 saturated carbocycles. The number of halogens is 1. The Bertz CT molecular complexity index is 1830. The molecule has 1 aromatic carbocycles. The number of carbonyl (C=O) groups is 1. The van der Waals surface area contributed by atoms with E-state index in [1.54, 1.807) is 43.8 Å². The van der Waals surface area contributed by atoms with Gasteiger partial charge in [0.05, 0.1) is 47.6 Å². The summed E-state index contributed by atoms with van der Waals surface area (Å²) >= 11 is 0. The number of nitrogens with zero attached hydrogens (tertiary/aromatic N) is 5. The first-order valence-electron chi connectivity index (χ1n) is 11.8. The highest BCUT2D eigenvalue weighted by molar-refractivity contribution is 5.97. The number of benzene rings is 1. The van der Waals surface area contributed by atoms with Gasteiger partial charge in [0.25, 0.3) is 0 Å². The van der Waals surface area contributed by atoms with Gasteiger partial charge in [-0.25, -0.2) is 9.37 Å². The summed E-state index contributed by atoms with van der Waals surface area (Å²) in [7, 11) is 1.48. The maximum absolute atomic E-state index is 14.2. The molecule has 0 saturated heterocycles. The Hall–Kier alpha value is -5.19. The molecule has 0 fully saturated rings. The molecule has 0 bridgehead atoms. The number of carbonyl (C=O) groups excluding carboxylic acids is 1. The van der Waals surface area contributed by atoms with Crippen LogP contribution in [0.15, 0.2) is 61.2 Å². The molecule has 0 aliphatic rings. The molecule has 0 unspecified atom stereocenters. The first kappa shape index (κ1) is 23.2. The molecule has 10 nitrogen and oxygen atoms in total. The Morgan fingerprint density at radius 2 is 1.92 bits per heavy atom. The smallest absolute Gasteiger partial charge is 0.224 e. The summed E-state index contributed by atoms with van der Waals surface area (Å²) in [5.74, 6) is 0.378. The van der Waals surface area contributed by atoms with Crippen LogP contribution in [0.1, 0.15) is 13.3 Å². The van der Waals surface area contributed by atoms with Gasteiger partial charge in [0.2, 0.25) is 5.91 Å². The maximum Gasteiger partial charge on any atom is 0.224 e. The van der Waals surface area contributed by atoms with E-state index in [0.29, 0.717) is 51.8 Å². The average molecular weight is 509 g/mol. The molecule has 0 aliphatic carbocycles. The number of anilines is 1. The van der Waals surface area contributed by atoms with E-state index in [1.165, 1.54) is 19.2 Å². The number of rotatable bonds is 6. The average Bonchev–Trinajstić information content (AvgIpc) is 3.56. The zero-order valence-corrected chi connectivity index (χ0v) is 20.4. The van der Waals surface area contributed by atoms with Crippen LogP contribution in [0.2, 0.25) is 0 Å². The molecule has 6 aromatic rings. The van der Waals surface area contributed by atoms with Crippen LogP contribution < -0.4 is 10.1 Å². The van der Waals surface area contributed by atoms with E-state index >= 15 is 0 Å². The first-order chi connectivity index (χ1) is 18.5. The summed E-state index contributed by atoms with van der Waals surface area (Å²) in [5.41, 5.74) is 5.66. The number of ether oxygens (including phenoxy) is 1. The maximum atomic E-state index is 14.2. The van der Waals surface area contributed by atoms with Crippen molar-refractivity contribution < 1.29 is 13.9 Å². The molecule has 38 heavy (non-hydrogen) atoms. The van der Waals surface area contributed by atoms with Crippen molar-refractivity contribution in [3.8, 4) is 39.8 Å². The molecular weight excluding hydrogens is 487 g/mol. The summed E-state index contributed by atoms with van der Waals surface area (Å²) in [6, 6.07) is 9.93. The van der Waals surface area contributed by atoms with Gasteiger partial charge in [-0.2, -0.15) is 5.10 Å². The fourth-order valence-corrected chi connectivity index (χ4v) is 4.23. The summed E-state index contributed by atoms with van der Waals surface area (Å²) in [6.07, 6.45) is 6.97. The fourth-order valence-electron chi connectivity index (χ4n) is 4.23. The van der Waals surface area contributed by atoms with E-state index in [-0.39, 0.29) is 5.91 Å². The van der Waals surface area contributed by atoms with Crippen LogP contribution in [0.5, 0.6) is 5.75 Å². The molecule has 0 radical (unpaired) electrons. The van der Waals surface area contributed by atoms with Gasteiger partial charge >= 0.3 is 0 Å². The van der Waals surface area contributed by atoms with Crippen molar-refractivity contribution in [2.45, 2.75) is 13.3 Å². The third-order valence-corrected chi connectivity index (χ3v) is 6.09. The molecule has 0 aliphatic heterocycles. The Kier molecular flexibility index (Phi) is 5.72. The largest absolute Gasteiger partial charge is 0.497 e. The van der Waals surface area contributed by atoms with Gasteiger partial charge in [0.15, 0.2) is 5.82 Å².